The lowest BCUT2D eigenvalue weighted by molar-refractivity contribution is -0.118. The Hall–Kier alpha value is -4.24. The highest BCUT2D eigenvalue weighted by atomic mass is 32.2. The molecule has 1 amide bonds. The number of methoxy groups -OCH3 is 1. The molecule has 0 saturated heterocycles. The van der Waals surface area contributed by atoms with Gasteiger partial charge in [-0.3, -0.25) is 9.59 Å². The second-order valence-electron chi connectivity index (χ2n) is 7.66. The van der Waals surface area contributed by atoms with E-state index < -0.39 is 5.56 Å². The van der Waals surface area contributed by atoms with Gasteiger partial charge in [-0.15, -0.1) is 0 Å². The molecule has 2 heterocycles. The number of carbonyl (C=O) groups is 1. The molecule has 0 aliphatic heterocycles. The van der Waals surface area contributed by atoms with E-state index in [1.54, 1.807) is 11.6 Å². The molecular formula is C26H21N5O3S. The number of rotatable bonds is 7. The van der Waals surface area contributed by atoms with E-state index in [2.05, 4.69) is 15.4 Å². The fourth-order valence-electron chi connectivity index (χ4n) is 3.70. The molecule has 0 aliphatic carbocycles. The Labute approximate surface area is 205 Å². The van der Waals surface area contributed by atoms with Crippen LogP contribution in [0.5, 0.6) is 5.75 Å². The zero-order valence-electron chi connectivity index (χ0n) is 18.8. The molecule has 0 spiro atoms. The lowest BCUT2D eigenvalue weighted by atomic mass is 10.2. The molecule has 0 fully saturated rings. The van der Waals surface area contributed by atoms with Crippen molar-refractivity contribution in [1.29, 1.82) is 0 Å². The number of para-hydroxylation sites is 2. The highest BCUT2D eigenvalue weighted by molar-refractivity contribution is 7.99. The molecule has 0 unspecified atom stereocenters. The quantitative estimate of drug-likeness (QED) is 0.214. The zero-order chi connectivity index (χ0) is 24.2. The Morgan fingerprint density at radius 2 is 1.71 bits per heavy atom. The molecule has 3 aromatic carbocycles. The minimum atomic E-state index is -0.418. The standard InChI is InChI=1S/C26H21N5O3S/c1-34-21-14-8-5-11-18(21)15-27-22(32)16-35-26-28-20-13-7-6-12-19(20)24-29-25(33)23(30-31(24)26)17-9-3-2-4-10-17/h2-14H,15-16H2,1H3,(H,27,32). The van der Waals surface area contributed by atoms with E-state index in [0.29, 0.717) is 33.8 Å². The van der Waals surface area contributed by atoms with Crippen LogP contribution in [0.1, 0.15) is 5.56 Å². The van der Waals surface area contributed by atoms with Crippen LogP contribution in [0, 0.1) is 0 Å². The second-order valence-corrected chi connectivity index (χ2v) is 8.60. The molecule has 0 radical (unpaired) electrons. The van der Waals surface area contributed by atoms with Gasteiger partial charge in [-0.1, -0.05) is 72.4 Å². The van der Waals surface area contributed by atoms with Gasteiger partial charge in [0.15, 0.2) is 16.5 Å². The summed E-state index contributed by atoms with van der Waals surface area (Å²) in [6, 6.07) is 24.1. The maximum Gasteiger partial charge on any atom is 0.300 e. The summed E-state index contributed by atoms with van der Waals surface area (Å²) in [5, 5.41) is 8.69. The molecule has 5 rings (SSSR count). The molecule has 1 N–H and O–H groups in total. The van der Waals surface area contributed by atoms with Gasteiger partial charge >= 0.3 is 0 Å². The Morgan fingerprint density at radius 3 is 2.54 bits per heavy atom. The largest absolute Gasteiger partial charge is 0.496 e. The maximum atomic E-state index is 12.8. The predicted molar refractivity (Wildman–Crippen MR) is 136 cm³/mol. The van der Waals surface area contributed by atoms with Gasteiger partial charge in [-0.05, 0) is 18.2 Å². The third-order valence-corrected chi connectivity index (χ3v) is 6.33. The molecule has 8 nitrogen and oxygen atoms in total. The van der Waals surface area contributed by atoms with Gasteiger partial charge in [0.2, 0.25) is 5.91 Å². The Bertz CT molecular complexity index is 1590. The van der Waals surface area contributed by atoms with E-state index in [0.717, 1.165) is 11.3 Å². The third-order valence-electron chi connectivity index (χ3n) is 5.40. The van der Waals surface area contributed by atoms with Crippen LogP contribution in [0.4, 0.5) is 0 Å². The first-order valence-electron chi connectivity index (χ1n) is 10.9. The van der Waals surface area contributed by atoms with Crippen molar-refractivity contribution in [3.63, 3.8) is 0 Å². The predicted octanol–water partition coefficient (Wildman–Crippen LogP) is 3.72. The van der Waals surface area contributed by atoms with E-state index in [9.17, 15) is 9.59 Å². The van der Waals surface area contributed by atoms with Crippen LogP contribution in [0.15, 0.2) is 88.8 Å². The third kappa shape index (κ3) is 4.71. The summed E-state index contributed by atoms with van der Waals surface area (Å²) in [5.41, 5.74) is 2.43. The summed E-state index contributed by atoms with van der Waals surface area (Å²) >= 11 is 1.23. The van der Waals surface area contributed by atoms with Crippen molar-refractivity contribution >= 4 is 34.2 Å². The van der Waals surface area contributed by atoms with E-state index >= 15 is 0 Å². The number of carbonyl (C=O) groups excluding carboxylic acids is 1. The minimum absolute atomic E-state index is 0.115. The molecule has 2 aromatic heterocycles. The van der Waals surface area contributed by atoms with Crippen LogP contribution in [0.2, 0.25) is 0 Å². The van der Waals surface area contributed by atoms with Crippen molar-refractivity contribution in [3.05, 3.63) is 94.8 Å². The van der Waals surface area contributed by atoms with Crippen LogP contribution in [0.3, 0.4) is 0 Å². The minimum Gasteiger partial charge on any atom is -0.496 e. The number of aromatic nitrogens is 4. The number of nitrogens with one attached hydrogen (secondary N) is 1. The van der Waals surface area contributed by atoms with Gasteiger partial charge in [0.05, 0.1) is 18.4 Å². The SMILES string of the molecule is COc1ccccc1CNC(=O)CSc1nc2ccccc2c2nc(=O)c(-c3ccccc3)nn12. The molecule has 0 atom stereocenters. The number of hydrogen-bond donors (Lipinski definition) is 1. The van der Waals surface area contributed by atoms with Crippen molar-refractivity contribution in [2.75, 3.05) is 12.9 Å². The maximum absolute atomic E-state index is 12.8. The van der Waals surface area contributed by atoms with E-state index in [1.165, 1.54) is 11.8 Å². The monoisotopic (exact) mass is 483 g/mol. The summed E-state index contributed by atoms with van der Waals surface area (Å²) in [4.78, 5) is 34.5. The summed E-state index contributed by atoms with van der Waals surface area (Å²) in [5.74, 6) is 0.668. The summed E-state index contributed by atoms with van der Waals surface area (Å²) in [6.07, 6.45) is 0. The summed E-state index contributed by atoms with van der Waals surface area (Å²) < 4.78 is 6.89. The first-order valence-corrected chi connectivity index (χ1v) is 11.9. The lowest BCUT2D eigenvalue weighted by Gasteiger charge is -2.12. The normalized spacial score (nSPS) is 11.0. The molecule has 0 aliphatic rings. The first-order chi connectivity index (χ1) is 17.1. The van der Waals surface area contributed by atoms with Gasteiger partial charge in [0, 0.05) is 23.1 Å². The smallest absolute Gasteiger partial charge is 0.300 e. The van der Waals surface area contributed by atoms with Gasteiger partial charge < -0.3 is 10.1 Å². The van der Waals surface area contributed by atoms with Gasteiger partial charge in [0.1, 0.15) is 5.75 Å². The fraction of sp³-hybridized carbons (Fsp3) is 0.115. The van der Waals surface area contributed by atoms with Crippen molar-refractivity contribution in [3.8, 4) is 17.0 Å². The number of fused-ring (bicyclic) bond motifs is 3. The summed E-state index contributed by atoms with van der Waals surface area (Å²) in [6.45, 7) is 0.347. The van der Waals surface area contributed by atoms with Crippen LogP contribution in [-0.4, -0.2) is 38.4 Å². The lowest BCUT2D eigenvalue weighted by Crippen LogP contribution is -2.25. The number of thioether (sulfide) groups is 1. The number of hydrogen-bond acceptors (Lipinski definition) is 7. The molecule has 9 heteroatoms. The second kappa shape index (κ2) is 9.94. The topological polar surface area (TPSA) is 98.5 Å². The highest BCUT2D eigenvalue weighted by Gasteiger charge is 2.16. The number of nitrogens with zero attached hydrogens (tertiary/aromatic N) is 4. The van der Waals surface area contributed by atoms with Crippen LogP contribution >= 0.6 is 11.8 Å². The van der Waals surface area contributed by atoms with E-state index in [4.69, 9.17) is 9.72 Å². The average molecular weight is 484 g/mol. The van der Waals surface area contributed by atoms with E-state index in [-0.39, 0.29) is 17.4 Å². The number of amides is 1. The van der Waals surface area contributed by atoms with Gasteiger partial charge in [-0.2, -0.15) is 14.6 Å². The Balaban J connectivity index is 1.46. The number of benzene rings is 3. The molecular weight excluding hydrogens is 462 g/mol. The Morgan fingerprint density at radius 1 is 0.971 bits per heavy atom. The van der Waals surface area contributed by atoms with E-state index in [1.807, 2.05) is 78.9 Å². The molecule has 35 heavy (non-hydrogen) atoms. The van der Waals surface area contributed by atoms with Crippen molar-refractivity contribution < 1.29 is 9.53 Å². The molecule has 0 saturated carbocycles. The van der Waals surface area contributed by atoms with Crippen LogP contribution < -0.4 is 15.6 Å². The molecule has 5 aromatic rings. The number of ether oxygens (including phenoxy) is 1. The van der Waals surface area contributed by atoms with Crippen LogP contribution in [-0.2, 0) is 11.3 Å². The summed E-state index contributed by atoms with van der Waals surface area (Å²) in [7, 11) is 1.60. The Kier molecular flexibility index (Phi) is 6.40. The van der Waals surface area contributed by atoms with Crippen molar-refractivity contribution in [2.45, 2.75) is 11.7 Å². The molecule has 0 bridgehead atoms. The van der Waals surface area contributed by atoms with Crippen molar-refractivity contribution in [2.24, 2.45) is 0 Å². The molecule has 174 valence electrons. The van der Waals surface area contributed by atoms with Crippen LogP contribution in [0.25, 0.3) is 27.8 Å². The average Bonchev–Trinajstić information content (AvgIpc) is 2.90. The zero-order valence-corrected chi connectivity index (χ0v) is 19.7. The van der Waals surface area contributed by atoms with Crippen molar-refractivity contribution in [1.82, 2.24) is 24.9 Å². The highest BCUT2D eigenvalue weighted by Crippen LogP contribution is 2.24. The van der Waals surface area contributed by atoms with Gasteiger partial charge in [-0.25, -0.2) is 4.98 Å². The first kappa shape index (κ1) is 22.5. The fourth-order valence-corrected chi connectivity index (χ4v) is 4.47. The van der Waals surface area contributed by atoms with Gasteiger partial charge in [0.25, 0.3) is 5.56 Å².